The number of anilines is 4. The topological polar surface area (TPSA) is 30.9 Å². The fourth-order valence-electron chi connectivity index (χ4n) is 5.60. The largest absolute Gasteiger partial charge is 0.520 e. The van der Waals surface area contributed by atoms with Crippen molar-refractivity contribution in [3.05, 3.63) is 131 Å². The van der Waals surface area contributed by atoms with Gasteiger partial charge in [0.1, 0.15) is 0 Å². The third kappa shape index (κ3) is 5.60. The molecule has 0 bridgehead atoms. The van der Waals surface area contributed by atoms with Gasteiger partial charge in [0, 0.05) is 40.8 Å². The second-order valence-electron chi connectivity index (χ2n) is 11.0. The van der Waals surface area contributed by atoms with Crippen molar-refractivity contribution in [2.45, 2.75) is 0 Å². The third-order valence-corrected chi connectivity index (χ3v) is 7.73. The van der Waals surface area contributed by atoms with Crippen LogP contribution in [-0.2, 0) is 40.8 Å². The van der Waals surface area contributed by atoms with Crippen molar-refractivity contribution in [3.8, 4) is 5.69 Å². The van der Waals surface area contributed by atoms with Crippen LogP contribution in [0, 0.1) is 50.9 Å². The summed E-state index contributed by atoms with van der Waals surface area (Å²) in [6, 6.07) is 25.5. The van der Waals surface area contributed by atoms with Crippen LogP contribution in [0.3, 0.4) is 0 Å². The summed E-state index contributed by atoms with van der Waals surface area (Å²) in [5.74, 6) is 0. The molecule has 4 aromatic rings. The van der Waals surface area contributed by atoms with Gasteiger partial charge in [-0.1, -0.05) is 11.0 Å². The molecule has 45 heavy (non-hydrogen) atoms. The van der Waals surface area contributed by atoms with Gasteiger partial charge in [0.25, 0.3) is 0 Å². The van der Waals surface area contributed by atoms with Crippen LogP contribution in [0.15, 0.2) is 79.9 Å². The molecule has 4 aliphatic rings. The second-order valence-corrected chi connectivity index (χ2v) is 11.0. The summed E-state index contributed by atoms with van der Waals surface area (Å²) >= 11 is 0. The normalized spacial score (nSPS) is 17.2. The Morgan fingerprint density at radius 3 is 1.13 bits per heavy atom. The first-order valence-electron chi connectivity index (χ1n) is 14.0. The number of hydrogen-bond donors (Lipinski definition) is 0. The quantitative estimate of drug-likeness (QED) is 0.199. The van der Waals surface area contributed by atoms with Gasteiger partial charge in [0.2, 0.25) is 0 Å². The number of benzene rings is 3. The van der Waals surface area contributed by atoms with E-state index >= 15 is 0 Å². The first-order valence-corrected chi connectivity index (χ1v) is 14.0. The zero-order valence-corrected chi connectivity index (χ0v) is 28.1. The molecule has 0 saturated carbocycles. The van der Waals surface area contributed by atoms with E-state index in [1.807, 2.05) is 124 Å². The Kier molecular flexibility index (Phi) is 8.41. The molecule has 1 aromatic heterocycles. The van der Waals surface area contributed by atoms with E-state index in [9.17, 15) is 0 Å². The first kappa shape index (κ1) is 31.1. The summed E-state index contributed by atoms with van der Waals surface area (Å²) in [4.78, 5) is 16.4. The number of rotatable bonds is 5. The molecule has 0 N–H and O–H groups in total. The molecule has 0 radical (unpaired) electrons. The van der Waals surface area contributed by atoms with Crippen molar-refractivity contribution in [3.63, 3.8) is 0 Å². The minimum Gasteiger partial charge on any atom is -0.520 e. The molecule has 0 saturated heterocycles. The molecule has 11 heteroatoms. The summed E-state index contributed by atoms with van der Waals surface area (Å²) in [5.41, 5.74) is 6.33. The van der Waals surface area contributed by atoms with Crippen LogP contribution in [0.4, 0.5) is 22.7 Å². The predicted octanol–water partition coefficient (Wildman–Crippen LogP) is 5.35. The smallest absolute Gasteiger partial charge is 0 e. The standard InChI is InChI=1S/C34H29N9.2Pd/c1-35-9-13-39(22-35)26-5-7-31-32-8-6-27(40-14-10-36(2)23-40)21-34(32)43(33(31)20-26)30-18-28(41-15-11-37(3)24-41)17-29(19-30)42-16-12-38(4)25-42;;/h5-17,22-25H,1-4H3;;/q-8;;. The van der Waals surface area contributed by atoms with Gasteiger partial charge in [0.15, 0.2) is 0 Å². The minimum atomic E-state index is 0. The van der Waals surface area contributed by atoms with Crippen LogP contribution in [0.2, 0.25) is 0 Å². The van der Waals surface area contributed by atoms with Gasteiger partial charge < -0.3 is 55.9 Å². The zero-order valence-electron chi connectivity index (χ0n) is 25.0. The van der Waals surface area contributed by atoms with Crippen LogP contribution in [-0.4, -0.2) is 52.4 Å². The fourth-order valence-corrected chi connectivity index (χ4v) is 5.60. The Morgan fingerprint density at radius 1 is 0.444 bits per heavy atom. The Balaban J connectivity index is 0.00000179. The van der Waals surface area contributed by atoms with E-state index in [4.69, 9.17) is 0 Å². The molecular weight excluding hydrogens is 747 g/mol. The molecule has 4 aliphatic heterocycles. The molecule has 9 nitrogen and oxygen atoms in total. The average molecular weight is 777 g/mol. The Hall–Kier alpha value is -3.86. The maximum absolute atomic E-state index is 3.72. The maximum Gasteiger partial charge on any atom is 0 e. The number of hydrogen-bond acceptors (Lipinski definition) is 8. The number of aromatic nitrogens is 1. The molecule has 0 atom stereocenters. The van der Waals surface area contributed by atoms with Gasteiger partial charge in [-0.05, 0) is 77.8 Å². The van der Waals surface area contributed by atoms with E-state index in [1.54, 1.807) is 0 Å². The van der Waals surface area contributed by atoms with Crippen molar-refractivity contribution in [2.75, 3.05) is 47.8 Å². The van der Waals surface area contributed by atoms with E-state index in [0.29, 0.717) is 0 Å². The monoisotopic (exact) mass is 775 g/mol. The van der Waals surface area contributed by atoms with Crippen LogP contribution in [0.1, 0.15) is 0 Å². The predicted molar refractivity (Wildman–Crippen MR) is 171 cm³/mol. The molecule has 0 spiro atoms. The van der Waals surface area contributed by atoms with E-state index < -0.39 is 0 Å². The first-order chi connectivity index (χ1) is 20.9. The average Bonchev–Trinajstić information content (AvgIpc) is 3.84. The van der Waals surface area contributed by atoms with Crippen molar-refractivity contribution in [1.82, 2.24) is 24.2 Å². The summed E-state index contributed by atoms with van der Waals surface area (Å²) in [5, 5.41) is 2.18. The molecule has 0 amide bonds. The van der Waals surface area contributed by atoms with Crippen molar-refractivity contribution < 1.29 is 40.8 Å². The van der Waals surface area contributed by atoms with Gasteiger partial charge >= 0.3 is 0 Å². The molecule has 0 aliphatic carbocycles. The van der Waals surface area contributed by atoms with E-state index in [-0.39, 0.29) is 40.8 Å². The Morgan fingerprint density at radius 2 is 0.800 bits per heavy atom. The summed E-state index contributed by atoms with van der Waals surface area (Å²) in [7, 11) is 8.07. The number of fused-ring (bicyclic) bond motifs is 3. The molecule has 3 aromatic carbocycles. The molecule has 0 fully saturated rings. The van der Waals surface area contributed by atoms with Gasteiger partial charge in [-0.3, -0.25) is 0 Å². The van der Waals surface area contributed by atoms with Crippen LogP contribution in [0.5, 0.6) is 0 Å². The summed E-state index contributed by atoms with van der Waals surface area (Å²) < 4.78 is 2.19. The van der Waals surface area contributed by atoms with Crippen LogP contribution >= 0.6 is 0 Å². The molecule has 238 valence electrons. The van der Waals surface area contributed by atoms with E-state index in [0.717, 1.165) is 50.2 Å². The SMILES string of the molecule is CN1C=CN(c2[c-]c3c(cc2)c2ccc(N4C=CN(C)[CH-]4)[c-]c2n3-c2[c-]c(N3C=CN(C)[CH-]3)cc(N3C=CN(C)[CH-]3)[c-]2)[CH-]1.[Pd].[Pd]. The van der Waals surface area contributed by atoms with Crippen molar-refractivity contribution in [2.24, 2.45) is 0 Å². The third-order valence-electron chi connectivity index (χ3n) is 7.73. The van der Waals surface area contributed by atoms with E-state index in [2.05, 4.69) is 78.8 Å². The van der Waals surface area contributed by atoms with Gasteiger partial charge in [-0.2, -0.15) is 61.7 Å². The fraction of sp³-hybridized carbons (Fsp3) is 0.118. The Bertz CT molecular complexity index is 1730. The van der Waals surface area contributed by atoms with E-state index in [1.165, 1.54) is 0 Å². The minimum absolute atomic E-state index is 0. The van der Waals surface area contributed by atoms with Gasteiger partial charge in [-0.25, -0.2) is 23.1 Å². The van der Waals surface area contributed by atoms with Gasteiger partial charge in [0.05, 0.1) is 0 Å². The summed E-state index contributed by atoms with van der Waals surface area (Å²) in [6.07, 6.45) is 16.2. The van der Waals surface area contributed by atoms with Gasteiger partial charge in [-0.15, -0.1) is 23.5 Å². The molecule has 5 heterocycles. The van der Waals surface area contributed by atoms with Crippen LogP contribution in [0.25, 0.3) is 27.5 Å². The van der Waals surface area contributed by atoms with Crippen LogP contribution < -0.4 is 19.6 Å². The molecule has 0 unspecified atom stereocenters. The van der Waals surface area contributed by atoms with Crippen molar-refractivity contribution >= 4 is 44.6 Å². The Labute approximate surface area is 292 Å². The maximum atomic E-state index is 3.72. The zero-order chi connectivity index (χ0) is 29.2. The molecular formula is C34H29N9Pd2-8. The molecule has 8 rings (SSSR count). The second kappa shape index (κ2) is 12.2. The summed E-state index contributed by atoms with van der Waals surface area (Å²) in [6.45, 7) is 8.15. The number of nitrogens with zero attached hydrogens (tertiary/aromatic N) is 9. The van der Waals surface area contributed by atoms with Crippen molar-refractivity contribution in [1.29, 1.82) is 0 Å².